The number of carbonyl (C=O) groups excluding carboxylic acids is 2. The molecule has 7 nitrogen and oxygen atoms in total. The maximum Gasteiger partial charge on any atom is 0.291 e. The number of nitrogens with one attached hydrogen (secondary N) is 1. The summed E-state index contributed by atoms with van der Waals surface area (Å²) in [7, 11) is 1.51. The van der Waals surface area contributed by atoms with Crippen molar-refractivity contribution >= 4 is 34.0 Å². The lowest BCUT2D eigenvalue weighted by molar-refractivity contribution is -0.122. The van der Waals surface area contributed by atoms with Gasteiger partial charge in [0.15, 0.2) is 5.01 Å². The van der Waals surface area contributed by atoms with Crippen LogP contribution in [0, 0.1) is 12.8 Å². The lowest BCUT2D eigenvalue weighted by Gasteiger charge is -2.20. The molecule has 138 valence electrons. The van der Waals surface area contributed by atoms with Crippen molar-refractivity contribution in [1.82, 2.24) is 10.2 Å². The van der Waals surface area contributed by atoms with E-state index >= 15 is 0 Å². The smallest absolute Gasteiger partial charge is 0.291 e. The Morgan fingerprint density at radius 2 is 2.19 bits per heavy atom. The highest BCUT2D eigenvalue weighted by molar-refractivity contribution is 7.15. The molecule has 0 aliphatic carbocycles. The van der Waals surface area contributed by atoms with Crippen molar-refractivity contribution < 1.29 is 23.1 Å². The summed E-state index contributed by atoms with van der Waals surface area (Å²) >= 11 is 0.611. The molecule has 1 saturated heterocycles. The Balaban J connectivity index is 1.73. The molecule has 0 unspecified atom stereocenters. The van der Waals surface area contributed by atoms with E-state index in [1.165, 1.54) is 12.0 Å². The van der Waals surface area contributed by atoms with Crippen LogP contribution in [0.3, 0.4) is 0 Å². The van der Waals surface area contributed by atoms with E-state index < -0.39 is 23.3 Å². The molecule has 0 bridgehead atoms. The van der Waals surface area contributed by atoms with Gasteiger partial charge in [-0.05, 0) is 24.6 Å². The molecule has 1 aromatic carbocycles. The second kappa shape index (κ2) is 7.32. The second-order valence-electron chi connectivity index (χ2n) is 5.82. The Bertz CT molecular complexity index is 843. The third-order valence-corrected chi connectivity index (χ3v) is 4.82. The molecule has 2 amide bonds. The summed E-state index contributed by atoms with van der Waals surface area (Å²) in [5.74, 6) is -0.744. The number of benzene rings is 1. The van der Waals surface area contributed by atoms with Crippen molar-refractivity contribution in [3.63, 3.8) is 0 Å². The van der Waals surface area contributed by atoms with Gasteiger partial charge in [0.25, 0.3) is 6.43 Å². The number of methoxy groups -OCH3 is 1. The largest absolute Gasteiger partial charge is 0.495 e. The Hall–Kier alpha value is -2.62. The molecular formula is C16H16F2N4O3S. The molecule has 2 heterocycles. The van der Waals surface area contributed by atoms with E-state index in [0.29, 0.717) is 22.8 Å². The third-order valence-electron chi connectivity index (χ3n) is 3.98. The maximum atomic E-state index is 12.5. The van der Waals surface area contributed by atoms with Crippen LogP contribution in [0.25, 0.3) is 0 Å². The minimum absolute atomic E-state index is 0.00987. The zero-order valence-corrected chi connectivity index (χ0v) is 14.8. The van der Waals surface area contributed by atoms with Crippen molar-refractivity contribution in [3.05, 3.63) is 28.8 Å². The van der Waals surface area contributed by atoms with Crippen LogP contribution >= 0.6 is 11.3 Å². The zero-order chi connectivity index (χ0) is 18.8. The number of halogens is 2. The summed E-state index contributed by atoms with van der Waals surface area (Å²) in [6, 6.07) is 5.44. The maximum absolute atomic E-state index is 12.5. The summed E-state index contributed by atoms with van der Waals surface area (Å²) in [6.45, 7) is 2.06. The fourth-order valence-electron chi connectivity index (χ4n) is 2.71. The quantitative estimate of drug-likeness (QED) is 0.860. The summed E-state index contributed by atoms with van der Waals surface area (Å²) in [5, 5.41) is 8.82. The SMILES string of the molecule is COc1ccc(C)cc1N1C[C@H](C(=O)Nc2nnc(C(F)F)s2)CC1=O. The van der Waals surface area contributed by atoms with E-state index in [0.717, 1.165) is 5.56 Å². The highest BCUT2D eigenvalue weighted by atomic mass is 32.1. The lowest BCUT2D eigenvalue weighted by Crippen LogP contribution is -2.28. The third kappa shape index (κ3) is 3.64. The van der Waals surface area contributed by atoms with E-state index in [9.17, 15) is 18.4 Å². The van der Waals surface area contributed by atoms with Crippen molar-refractivity contribution in [3.8, 4) is 5.75 Å². The monoisotopic (exact) mass is 382 g/mol. The van der Waals surface area contributed by atoms with Gasteiger partial charge >= 0.3 is 0 Å². The molecule has 1 aromatic heterocycles. The Labute approximate surface area is 152 Å². The topological polar surface area (TPSA) is 84.4 Å². The number of anilines is 2. The fraction of sp³-hybridized carbons (Fsp3) is 0.375. The number of ether oxygens (including phenoxy) is 1. The molecule has 2 aromatic rings. The summed E-state index contributed by atoms with van der Waals surface area (Å²) in [6.07, 6.45) is -2.72. The van der Waals surface area contributed by atoms with Gasteiger partial charge in [0.05, 0.1) is 18.7 Å². The molecule has 3 rings (SSSR count). The standard InChI is InChI=1S/C16H16F2N4O3S/c1-8-3-4-11(25-2)10(5-8)22-7-9(6-12(22)23)14(24)19-16-21-20-15(26-16)13(17)18/h3-5,9,13H,6-7H2,1-2H3,(H,19,21,24)/t9-/m1/s1. The first-order valence-electron chi connectivity index (χ1n) is 7.76. The van der Waals surface area contributed by atoms with Crippen LogP contribution in [0.15, 0.2) is 18.2 Å². The second-order valence-corrected chi connectivity index (χ2v) is 6.83. The molecule has 0 radical (unpaired) electrons. The number of aromatic nitrogens is 2. The molecule has 0 spiro atoms. The lowest BCUT2D eigenvalue weighted by atomic mass is 10.1. The van der Waals surface area contributed by atoms with E-state index in [4.69, 9.17) is 4.74 Å². The molecular weight excluding hydrogens is 366 g/mol. The van der Waals surface area contributed by atoms with Crippen LogP contribution in [0.5, 0.6) is 5.75 Å². The number of alkyl halides is 2. The molecule has 1 fully saturated rings. The predicted molar refractivity (Wildman–Crippen MR) is 91.7 cm³/mol. The number of carbonyl (C=O) groups is 2. The van der Waals surface area contributed by atoms with Gasteiger partial charge in [0.2, 0.25) is 16.9 Å². The molecule has 26 heavy (non-hydrogen) atoms. The highest BCUT2D eigenvalue weighted by Crippen LogP contribution is 2.34. The van der Waals surface area contributed by atoms with Crippen LogP contribution in [0.1, 0.15) is 23.4 Å². The first-order valence-corrected chi connectivity index (χ1v) is 8.58. The summed E-state index contributed by atoms with van der Waals surface area (Å²) < 4.78 is 30.4. The number of hydrogen-bond acceptors (Lipinski definition) is 6. The average Bonchev–Trinajstić information content (AvgIpc) is 3.21. The highest BCUT2D eigenvalue weighted by Gasteiger charge is 2.36. The van der Waals surface area contributed by atoms with E-state index in [1.54, 1.807) is 6.07 Å². The first-order chi connectivity index (χ1) is 12.4. The summed E-state index contributed by atoms with van der Waals surface area (Å²) in [4.78, 5) is 26.2. The van der Waals surface area contributed by atoms with Gasteiger partial charge in [0, 0.05) is 13.0 Å². The molecule has 10 heteroatoms. The fourth-order valence-corrected chi connectivity index (χ4v) is 3.31. The van der Waals surface area contributed by atoms with Crippen LogP contribution in [-0.4, -0.2) is 35.7 Å². The molecule has 1 aliphatic rings. The molecule has 0 saturated carbocycles. The number of amides is 2. The normalized spacial score (nSPS) is 17.0. The Kier molecular flexibility index (Phi) is 5.12. The number of rotatable bonds is 5. The van der Waals surface area contributed by atoms with E-state index in [1.807, 2.05) is 19.1 Å². The van der Waals surface area contributed by atoms with E-state index in [-0.39, 0.29) is 24.0 Å². The van der Waals surface area contributed by atoms with Gasteiger partial charge in [-0.2, -0.15) is 0 Å². The average molecular weight is 382 g/mol. The molecule has 1 N–H and O–H groups in total. The van der Waals surface area contributed by atoms with Gasteiger partial charge in [-0.15, -0.1) is 10.2 Å². The van der Waals surface area contributed by atoms with Gasteiger partial charge in [-0.1, -0.05) is 17.4 Å². The van der Waals surface area contributed by atoms with Crippen LogP contribution < -0.4 is 15.0 Å². The first kappa shape index (κ1) is 18.2. The summed E-state index contributed by atoms with van der Waals surface area (Å²) in [5.41, 5.74) is 1.55. The van der Waals surface area contributed by atoms with Crippen molar-refractivity contribution in [2.45, 2.75) is 19.8 Å². The van der Waals surface area contributed by atoms with Gasteiger partial charge in [-0.3, -0.25) is 9.59 Å². The van der Waals surface area contributed by atoms with E-state index in [2.05, 4.69) is 15.5 Å². The predicted octanol–water partition coefficient (Wildman–Crippen LogP) is 2.78. The van der Waals surface area contributed by atoms with Gasteiger partial charge < -0.3 is 15.0 Å². The number of aryl methyl sites for hydroxylation is 1. The van der Waals surface area contributed by atoms with Crippen molar-refractivity contribution in [2.24, 2.45) is 5.92 Å². The van der Waals surface area contributed by atoms with Crippen molar-refractivity contribution in [2.75, 3.05) is 23.9 Å². The Morgan fingerprint density at radius 1 is 1.42 bits per heavy atom. The number of hydrogen-bond donors (Lipinski definition) is 1. The molecule has 1 aliphatic heterocycles. The molecule has 1 atom stereocenters. The number of nitrogens with zero attached hydrogens (tertiary/aromatic N) is 3. The van der Waals surface area contributed by atoms with Gasteiger partial charge in [-0.25, -0.2) is 8.78 Å². The minimum Gasteiger partial charge on any atom is -0.495 e. The van der Waals surface area contributed by atoms with Crippen molar-refractivity contribution in [1.29, 1.82) is 0 Å². The van der Waals surface area contributed by atoms with Crippen LogP contribution in [0.4, 0.5) is 19.6 Å². The zero-order valence-electron chi connectivity index (χ0n) is 14.0. The van der Waals surface area contributed by atoms with Crippen LogP contribution in [0.2, 0.25) is 0 Å². The van der Waals surface area contributed by atoms with Crippen LogP contribution in [-0.2, 0) is 9.59 Å². The minimum atomic E-state index is -2.74. The Morgan fingerprint density at radius 3 is 2.85 bits per heavy atom. The van der Waals surface area contributed by atoms with Gasteiger partial charge in [0.1, 0.15) is 5.75 Å².